The summed E-state index contributed by atoms with van der Waals surface area (Å²) < 4.78 is 15.9. The van der Waals surface area contributed by atoms with E-state index in [4.69, 9.17) is 5.10 Å². The summed E-state index contributed by atoms with van der Waals surface area (Å²) in [7, 11) is 3.52. The van der Waals surface area contributed by atoms with E-state index in [1.54, 1.807) is 32.0 Å². The molecule has 2 aromatic carbocycles. The van der Waals surface area contributed by atoms with Gasteiger partial charge in [-0.3, -0.25) is 9.48 Å². The minimum absolute atomic E-state index is 0.0654. The summed E-state index contributed by atoms with van der Waals surface area (Å²) in [6, 6.07) is 15.8. The molecule has 1 aliphatic carbocycles. The average molecular weight is 421 g/mol. The molecule has 6 heteroatoms. The summed E-state index contributed by atoms with van der Waals surface area (Å²) in [6.07, 6.45) is 2.56. The zero-order valence-corrected chi connectivity index (χ0v) is 18.4. The summed E-state index contributed by atoms with van der Waals surface area (Å²) >= 11 is 0. The number of fused-ring (bicyclic) bond motifs is 1. The van der Waals surface area contributed by atoms with Crippen molar-refractivity contribution < 1.29 is 9.18 Å². The second kappa shape index (κ2) is 9.02. The molecule has 0 radical (unpaired) electrons. The Bertz CT molecular complexity index is 1070. The lowest BCUT2D eigenvalue weighted by Gasteiger charge is -2.25. The first-order valence-electron chi connectivity index (χ1n) is 10.7. The minimum atomic E-state index is -0.175. The van der Waals surface area contributed by atoms with E-state index in [2.05, 4.69) is 17.4 Å². The topological polar surface area (TPSA) is 50.2 Å². The van der Waals surface area contributed by atoms with Crippen LogP contribution in [0, 0.1) is 12.7 Å². The van der Waals surface area contributed by atoms with Gasteiger partial charge in [0.15, 0.2) is 5.69 Å². The highest BCUT2D eigenvalue weighted by molar-refractivity contribution is 5.93. The number of nitrogens with zero attached hydrogens (tertiary/aromatic N) is 3. The first kappa shape index (κ1) is 21.2. The standard InChI is InChI=1S/C25H29FN4O/c1-17-9-10-19(13-22(17)26)15-27-20-11-12-23-21(14-20)24(25(31)29(2)3)28-30(23)16-18-7-5-4-6-8-18/h4-10,13,20,27H,11-12,14-16H2,1-3H3. The van der Waals surface area contributed by atoms with Gasteiger partial charge in [0.1, 0.15) is 5.82 Å². The van der Waals surface area contributed by atoms with Gasteiger partial charge < -0.3 is 10.2 Å². The lowest BCUT2D eigenvalue weighted by atomic mass is 9.90. The number of aryl methyl sites for hydroxylation is 1. The van der Waals surface area contributed by atoms with Gasteiger partial charge in [-0.2, -0.15) is 5.10 Å². The normalized spacial score (nSPS) is 15.5. The van der Waals surface area contributed by atoms with Gasteiger partial charge in [0.25, 0.3) is 5.91 Å². The van der Waals surface area contributed by atoms with Crippen LogP contribution < -0.4 is 5.32 Å². The maximum absolute atomic E-state index is 13.9. The van der Waals surface area contributed by atoms with Crippen molar-refractivity contribution in [2.75, 3.05) is 14.1 Å². The largest absolute Gasteiger partial charge is 0.343 e. The van der Waals surface area contributed by atoms with Crippen LogP contribution in [0.1, 0.15) is 44.9 Å². The monoisotopic (exact) mass is 420 g/mol. The van der Waals surface area contributed by atoms with Crippen molar-refractivity contribution in [3.8, 4) is 0 Å². The molecule has 1 aliphatic rings. The van der Waals surface area contributed by atoms with Crippen LogP contribution in [0.2, 0.25) is 0 Å². The smallest absolute Gasteiger partial charge is 0.274 e. The molecular weight excluding hydrogens is 391 g/mol. The molecule has 0 saturated heterocycles. The van der Waals surface area contributed by atoms with Crippen LogP contribution in [-0.4, -0.2) is 40.7 Å². The number of carbonyl (C=O) groups excluding carboxylic acids is 1. The van der Waals surface area contributed by atoms with Crippen LogP contribution in [-0.2, 0) is 25.9 Å². The first-order valence-corrected chi connectivity index (χ1v) is 10.7. The molecule has 1 amide bonds. The molecule has 1 atom stereocenters. The van der Waals surface area contributed by atoms with Crippen LogP contribution in [0.3, 0.4) is 0 Å². The number of halogens is 1. The van der Waals surface area contributed by atoms with Crippen LogP contribution in [0.5, 0.6) is 0 Å². The van der Waals surface area contributed by atoms with Gasteiger partial charge in [-0.05, 0) is 48.9 Å². The quantitative estimate of drug-likeness (QED) is 0.661. The van der Waals surface area contributed by atoms with E-state index in [0.29, 0.717) is 24.3 Å². The molecule has 1 unspecified atom stereocenters. The van der Waals surface area contributed by atoms with Gasteiger partial charge in [0, 0.05) is 37.9 Å². The van der Waals surface area contributed by atoms with Gasteiger partial charge in [-0.1, -0.05) is 42.5 Å². The van der Waals surface area contributed by atoms with E-state index >= 15 is 0 Å². The summed E-state index contributed by atoms with van der Waals surface area (Å²) in [5, 5.41) is 8.28. The van der Waals surface area contributed by atoms with Crippen molar-refractivity contribution in [1.29, 1.82) is 0 Å². The Kier molecular flexibility index (Phi) is 6.18. The van der Waals surface area contributed by atoms with Gasteiger partial charge in [-0.25, -0.2) is 4.39 Å². The Hall–Kier alpha value is -2.99. The molecule has 0 fully saturated rings. The third kappa shape index (κ3) is 4.69. The third-order valence-corrected chi connectivity index (χ3v) is 5.96. The van der Waals surface area contributed by atoms with E-state index in [1.165, 1.54) is 5.56 Å². The summed E-state index contributed by atoms with van der Waals surface area (Å²) in [4.78, 5) is 14.4. The van der Waals surface area contributed by atoms with Crippen molar-refractivity contribution >= 4 is 5.91 Å². The Balaban J connectivity index is 1.54. The van der Waals surface area contributed by atoms with E-state index in [0.717, 1.165) is 36.1 Å². The average Bonchev–Trinajstić information content (AvgIpc) is 3.12. The second-order valence-electron chi connectivity index (χ2n) is 8.52. The molecule has 0 spiro atoms. The van der Waals surface area contributed by atoms with Gasteiger partial charge >= 0.3 is 0 Å². The van der Waals surface area contributed by atoms with E-state index in [-0.39, 0.29) is 17.8 Å². The van der Waals surface area contributed by atoms with E-state index in [9.17, 15) is 9.18 Å². The molecule has 4 rings (SSSR count). The second-order valence-corrected chi connectivity index (χ2v) is 8.52. The number of benzene rings is 2. The molecule has 1 aromatic heterocycles. The number of amides is 1. The lowest BCUT2D eigenvalue weighted by Crippen LogP contribution is -2.35. The fourth-order valence-electron chi connectivity index (χ4n) is 4.14. The maximum atomic E-state index is 13.9. The zero-order chi connectivity index (χ0) is 22.0. The SMILES string of the molecule is Cc1ccc(CNC2CCc3c(c(C(=O)N(C)C)nn3Cc3ccccc3)C2)cc1F. The molecular formula is C25H29FN4O. The lowest BCUT2D eigenvalue weighted by molar-refractivity contribution is 0.0820. The predicted octanol–water partition coefficient (Wildman–Crippen LogP) is 3.73. The Morgan fingerprint density at radius 1 is 1.19 bits per heavy atom. The highest BCUT2D eigenvalue weighted by Crippen LogP contribution is 2.27. The van der Waals surface area contributed by atoms with Crippen LogP contribution in [0.15, 0.2) is 48.5 Å². The highest BCUT2D eigenvalue weighted by Gasteiger charge is 2.29. The number of aromatic nitrogens is 2. The van der Waals surface area contributed by atoms with Crippen molar-refractivity contribution in [1.82, 2.24) is 20.0 Å². The molecule has 3 aromatic rings. The number of rotatable bonds is 6. The van der Waals surface area contributed by atoms with Crippen LogP contribution >= 0.6 is 0 Å². The molecule has 0 aliphatic heterocycles. The molecule has 0 saturated carbocycles. The van der Waals surface area contributed by atoms with Gasteiger partial charge in [0.05, 0.1) is 6.54 Å². The van der Waals surface area contributed by atoms with Crippen LogP contribution in [0.4, 0.5) is 4.39 Å². The van der Waals surface area contributed by atoms with Crippen molar-refractivity contribution in [2.45, 2.75) is 45.3 Å². The highest BCUT2D eigenvalue weighted by atomic mass is 19.1. The van der Waals surface area contributed by atoms with E-state index < -0.39 is 0 Å². The molecule has 1 N–H and O–H groups in total. The molecule has 0 bridgehead atoms. The molecule has 1 heterocycles. The third-order valence-electron chi connectivity index (χ3n) is 5.96. The molecule has 31 heavy (non-hydrogen) atoms. The first-order chi connectivity index (χ1) is 14.9. The summed E-state index contributed by atoms with van der Waals surface area (Å²) in [5.74, 6) is -0.240. The molecule has 5 nitrogen and oxygen atoms in total. The predicted molar refractivity (Wildman–Crippen MR) is 120 cm³/mol. The summed E-state index contributed by atoms with van der Waals surface area (Å²) in [5.41, 5.74) is 5.48. The maximum Gasteiger partial charge on any atom is 0.274 e. The van der Waals surface area contributed by atoms with E-state index in [1.807, 2.05) is 35.0 Å². The van der Waals surface area contributed by atoms with Crippen LogP contribution in [0.25, 0.3) is 0 Å². The number of hydrogen-bond donors (Lipinski definition) is 1. The number of carbonyl (C=O) groups is 1. The van der Waals surface area contributed by atoms with Crippen molar-refractivity contribution in [2.24, 2.45) is 0 Å². The minimum Gasteiger partial charge on any atom is -0.343 e. The fraction of sp³-hybridized carbons (Fsp3) is 0.360. The Morgan fingerprint density at radius 3 is 2.68 bits per heavy atom. The van der Waals surface area contributed by atoms with Gasteiger partial charge in [0.2, 0.25) is 0 Å². The Labute approximate surface area is 182 Å². The zero-order valence-electron chi connectivity index (χ0n) is 18.4. The van der Waals surface area contributed by atoms with Gasteiger partial charge in [-0.15, -0.1) is 0 Å². The van der Waals surface area contributed by atoms with Crippen molar-refractivity contribution in [3.63, 3.8) is 0 Å². The van der Waals surface area contributed by atoms with Crippen molar-refractivity contribution in [3.05, 3.63) is 88.0 Å². The Morgan fingerprint density at radius 2 is 1.97 bits per heavy atom. The number of hydrogen-bond acceptors (Lipinski definition) is 3. The number of nitrogens with one attached hydrogen (secondary N) is 1. The summed E-state index contributed by atoms with van der Waals surface area (Å²) in [6.45, 7) is 3.03. The molecule has 162 valence electrons. The fourth-order valence-corrected chi connectivity index (χ4v) is 4.14.